The molecule has 0 bridgehead atoms. The van der Waals surface area contributed by atoms with Crippen molar-refractivity contribution in [1.82, 2.24) is 0 Å². The maximum Gasteiger partial charge on any atom is 0.0959 e. The minimum Gasteiger partial charge on any atom is -0.373 e. The van der Waals surface area contributed by atoms with Gasteiger partial charge in [0, 0.05) is 17.6 Å². The quantitative estimate of drug-likeness (QED) is 0.697. The summed E-state index contributed by atoms with van der Waals surface area (Å²) in [4.78, 5) is 0. The first-order chi connectivity index (χ1) is 7.66. The molecule has 16 heavy (non-hydrogen) atoms. The summed E-state index contributed by atoms with van der Waals surface area (Å²) >= 11 is 0. The summed E-state index contributed by atoms with van der Waals surface area (Å²) in [5.41, 5.74) is 6.00. The Morgan fingerprint density at radius 3 is 2.62 bits per heavy atom. The Bertz CT molecular complexity index is 422. The van der Waals surface area contributed by atoms with Gasteiger partial charge in [0.15, 0.2) is 0 Å². The molecule has 0 saturated heterocycles. The van der Waals surface area contributed by atoms with Crippen molar-refractivity contribution < 1.29 is 4.74 Å². The van der Waals surface area contributed by atoms with Crippen LogP contribution in [0.15, 0.2) is 41.6 Å². The van der Waals surface area contributed by atoms with Crippen LogP contribution in [0.2, 0.25) is 0 Å². The first-order valence-electron chi connectivity index (χ1n) is 5.80. The van der Waals surface area contributed by atoms with E-state index < -0.39 is 0 Å². The van der Waals surface area contributed by atoms with E-state index in [1.807, 2.05) is 31.2 Å². The SMILES string of the molecule is CCOC1C(=C=Cc2ccccc2)C1(C)C. The van der Waals surface area contributed by atoms with Crippen molar-refractivity contribution in [3.05, 3.63) is 47.2 Å². The van der Waals surface area contributed by atoms with Crippen molar-refractivity contribution >= 4 is 6.08 Å². The van der Waals surface area contributed by atoms with E-state index in [0.29, 0.717) is 0 Å². The van der Waals surface area contributed by atoms with Gasteiger partial charge in [-0.2, -0.15) is 0 Å². The normalized spacial score (nSPS) is 21.4. The van der Waals surface area contributed by atoms with E-state index in [2.05, 4.69) is 31.7 Å². The third-order valence-electron chi connectivity index (χ3n) is 3.06. The average molecular weight is 214 g/mol. The van der Waals surface area contributed by atoms with Crippen molar-refractivity contribution in [1.29, 1.82) is 0 Å². The van der Waals surface area contributed by atoms with Crippen molar-refractivity contribution in [3.8, 4) is 0 Å². The first kappa shape index (κ1) is 11.2. The van der Waals surface area contributed by atoms with Crippen LogP contribution in [-0.4, -0.2) is 12.7 Å². The predicted molar refractivity (Wildman–Crippen MR) is 67.1 cm³/mol. The summed E-state index contributed by atoms with van der Waals surface area (Å²) in [6.07, 6.45) is 2.30. The van der Waals surface area contributed by atoms with Gasteiger partial charge in [0.05, 0.1) is 6.10 Å². The van der Waals surface area contributed by atoms with Crippen LogP contribution in [0.3, 0.4) is 0 Å². The van der Waals surface area contributed by atoms with Crippen LogP contribution in [0, 0.1) is 5.41 Å². The molecule has 1 aliphatic carbocycles. The molecule has 1 unspecified atom stereocenters. The molecule has 0 aromatic heterocycles. The molecule has 1 atom stereocenters. The molecule has 1 heteroatoms. The maximum atomic E-state index is 5.65. The van der Waals surface area contributed by atoms with E-state index in [9.17, 15) is 0 Å². The summed E-state index contributed by atoms with van der Waals surface area (Å²) in [5, 5.41) is 0. The van der Waals surface area contributed by atoms with Gasteiger partial charge < -0.3 is 4.74 Å². The van der Waals surface area contributed by atoms with Gasteiger partial charge in [0.2, 0.25) is 0 Å². The third kappa shape index (κ3) is 2.11. The van der Waals surface area contributed by atoms with Crippen LogP contribution >= 0.6 is 0 Å². The lowest BCUT2D eigenvalue weighted by molar-refractivity contribution is 0.111. The van der Waals surface area contributed by atoms with Gasteiger partial charge in [-0.05, 0) is 18.6 Å². The van der Waals surface area contributed by atoms with Crippen LogP contribution in [0.5, 0.6) is 0 Å². The van der Waals surface area contributed by atoms with Gasteiger partial charge in [-0.1, -0.05) is 44.2 Å². The Morgan fingerprint density at radius 2 is 2.00 bits per heavy atom. The Labute approximate surface area is 97.4 Å². The molecule has 0 heterocycles. The molecule has 1 fully saturated rings. The fourth-order valence-electron chi connectivity index (χ4n) is 1.94. The van der Waals surface area contributed by atoms with Crippen molar-refractivity contribution in [3.63, 3.8) is 0 Å². The molecule has 1 aromatic carbocycles. The Kier molecular flexibility index (Phi) is 3.00. The molecule has 1 saturated carbocycles. The standard InChI is InChI=1S/C15H18O/c1-4-16-14-13(15(14,2)3)11-10-12-8-6-5-7-9-12/h5-10,14H,4H2,1-3H3. The number of hydrogen-bond donors (Lipinski definition) is 0. The number of rotatable bonds is 3. The zero-order valence-corrected chi connectivity index (χ0v) is 10.2. The first-order valence-corrected chi connectivity index (χ1v) is 5.80. The summed E-state index contributed by atoms with van der Waals surface area (Å²) in [7, 11) is 0. The summed E-state index contributed by atoms with van der Waals surface area (Å²) in [5.74, 6) is 0. The molecular weight excluding hydrogens is 196 g/mol. The topological polar surface area (TPSA) is 9.23 Å². The van der Waals surface area contributed by atoms with Gasteiger partial charge in [-0.3, -0.25) is 0 Å². The van der Waals surface area contributed by atoms with Crippen LogP contribution in [0.1, 0.15) is 26.3 Å². The van der Waals surface area contributed by atoms with Crippen molar-refractivity contribution in [2.24, 2.45) is 5.41 Å². The van der Waals surface area contributed by atoms with E-state index in [0.717, 1.165) is 6.61 Å². The molecule has 1 aromatic rings. The Morgan fingerprint density at radius 1 is 1.31 bits per heavy atom. The van der Waals surface area contributed by atoms with E-state index in [1.54, 1.807) is 0 Å². The molecule has 0 amide bonds. The fourth-order valence-corrected chi connectivity index (χ4v) is 1.94. The maximum absolute atomic E-state index is 5.65. The zero-order valence-electron chi connectivity index (χ0n) is 10.2. The molecule has 2 rings (SSSR count). The van der Waals surface area contributed by atoms with E-state index >= 15 is 0 Å². The Hall–Kier alpha value is -1.30. The minimum atomic E-state index is 0.168. The minimum absolute atomic E-state index is 0.168. The second kappa shape index (κ2) is 4.29. The summed E-state index contributed by atoms with van der Waals surface area (Å²) in [6, 6.07) is 10.3. The zero-order chi connectivity index (χ0) is 11.6. The second-order valence-electron chi connectivity index (χ2n) is 4.67. The molecule has 0 aliphatic heterocycles. The van der Waals surface area contributed by atoms with Gasteiger partial charge in [0.25, 0.3) is 0 Å². The number of hydrogen-bond acceptors (Lipinski definition) is 1. The van der Waals surface area contributed by atoms with Gasteiger partial charge in [-0.15, -0.1) is 5.73 Å². The summed E-state index contributed by atoms with van der Waals surface area (Å²) in [6.45, 7) is 7.21. The van der Waals surface area contributed by atoms with Gasteiger partial charge >= 0.3 is 0 Å². The largest absolute Gasteiger partial charge is 0.373 e. The highest BCUT2D eigenvalue weighted by Crippen LogP contribution is 2.52. The van der Waals surface area contributed by atoms with Gasteiger partial charge in [-0.25, -0.2) is 0 Å². The number of ether oxygens (including phenoxy) is 1. The molecule has 0 spiro atoms. The van der Waals surface area contributed by atoms with Crippen LogP contribution < -0.4 is 0 Å². The highest BCUT2D eigenvalue weighted by molar-refractivity contribution is 5.52. The van der Waals surface area contributed by atoms with Crippen LogP contribution in [-0.2, 0) is 4.74 Å². The van der Waals surface area contributed by atoms with Crippen LogP contribution in [0.25, 0.3) is 6.08 Å². The third-order valence-corrected chi connectivity index (χ3v) is 3.06. The predicted octanol–water partition coefficient (Wildman–Crippen LogP) is 3.67. The fraction of sp³-hybridized carbons (Fsp3) is 0.400. The number of benzene rings is 1. The van der Waals surface area contributed by atoms with Crippen molar-refractivity contribution in [2.45, 2.75) is 26.9 Å². The van der Waals surface area contributed by atoms with E-state index in [1.165, 1.54) is 11.1 Å². The molecular formula is C15H18O. The Balaban J connectivity index is 2.18. The van der Waals surface area contributed by atoms with E-state index in [-0.39, 0.29) is 11.5 Å². The molecule has 84 valence electrons. The lowest BCUT2D eigenvalue weighted by atomic mass is 10.1. The summed E-state index contributed by atoms with van der Waals surface area (Å²) < 4.78 is 5.65. The van der Waals surface area contributed by atoms with Crippen molar-refractivity contribution in [2.75, 3.05) is 6.61 Å². The van der Waals surface area contributed by atoms with Gasteiger partial charge in [0.1, 0.15) is 0 Å². The molecule has 0 radical (unpaired) electrons. The monoisotopic (exact) mass is 214 g/mol. The molecule has 1 aliphatic rings. The highest BCUT2D eigenvalue weighted by atomic mass is 16.5. The van der Waals surface area contributed by atoms with E-state index in [4.69, 9.17) is 4.74 Å². The molecule has 1 nitrogen and oxygen atoms in total. The highest BCUT2D eigenvalue weighted by Gasteiger charge is 2.53. The lowest BCUT2D eigenvalue weighted by Gasteiger charge is -1.98. The second-order valence-corrected chi connectivity index (χ2v) is 4.67. The van der Waals surface area contributed by atoms with Crippen LogP contribution in [0.4, 0.5) is 0 Å². The lowest BCUT2D eigenvalue weighted by Crippen LogP contribution is -2.00. The smallest absolute Gasteiger partial charge is 0.0959 e. The average Bonchev–Trinajstić information content (AvgIpc) is 2.79. The molecule has 0 N–H and O–H groups in total.